The van der Waals surface area contributed by atoms with Crippen LogP contribution in [-0.2, 0) is 12.4 Å². The maximum atomic E-state index is 13.1. The predicted octanol–water partition coefficient (Wildman–Crippen LogP) is 32.0. The van der Waals surface area contributed by atoms with Crippen molar-refractivity contribution in [3.05, 3.63) is 271 Å². The number of hydrogen-bond donors (Lipinski definition) is 0. The van der Waals surface area contributed by atoms with Gasteiger partial charge in [-0.15, -0.1) is 0 Å². The van der Waals surface area contributed by atoms with Gasteiger partial charge in [-0.25, -0.2) is 8.78 Å². The monoisotopic (exact) mass is 1740 g/mol. The Morgan fingerprint density at radius 2 is 0.695 bits per heavy atom. The van der Waals surface area contributed by atoms with Crippen LogP contribution >= 0.6 is 121 Å². The summed E-state index contributed by atoms with van der Waals surface area (Å²) >= 11 is 32.9. The SMILES string of the molecule is CC(C)c1ccc(Br)cc1Cl.CC(C)c1ccc(Br)cc1F.CC(C)c1ccc(C(F)(F)F)cc1Br.CC(C)c1ccc(C(F)(F)F)cc1Cl.CC(C)c1ccc(Cl)cc1I.CC(C)c1ccc(F)cc1Br.Cc1cc(C)c(C(C)C)c(C)c1.Cc1ccc(C(C)C)c(C)c1. The Bertz CT molecular complexity index is 3240. The Kier molecular flexibility index (Phi) is 40.4. The highest BCUT2D eigenvalue weighted by Gasteiger charge is 2.32. The first-order chi connectivity index (χ1) is 43.7. The molecule has 0 atom stereocenters. The van der Waals surface area contributed by atoms with E-state index in [2.05, 4.69) is 233 Å². The van der Waals surface area contributed by atoms with Crippen LogP contribution in [0.4, 0.5) is 35.1 Å². The number of benzene rings is 8. The number of rotatable bonds is 8. The molecule has 0 unspecified atom stereocenters. The Morgan fingerprint density at radius 1 is 0.337 bits per heavy atom. The average Bonchev–Trinajstić information content (AvgIpc) is 0.857. The Labute approximate surface area is 626 Å². The van der Waals surface area contributed by atoms with Gasteiger partial charge in [-0.05, 0) is 239 Å². The first-order valence-electron chi connectivity index (χ1n) is 31.4. The molecule has 0 saturated carbocycles. The zero-order valence-corrected chi connectivity index (χ0v) is 69.2. The molecule has 0 aromatic heterocycles. The second-order valence-corrected chi connectivity index (χ2v) is 31.5. The molecule has 522 valence electrons. The lowest BCUT2D eigenvalue weighted by Gasteiger charge is -2.14. The van der Waals surface area contributed by atoms with Gasteiger partial charge in [-0.1, -0.05) is 287 Å². The Morgan fingerprint density at radius 3 is 1.06 bits per heavy atom. The quantitative estimate of drug-likeness (QED) is 0.105. The number of aryl methyl sites for hydroxylation is 5. The second-order valence-electron chi connectivity index (χ2n) is 25.5. The van der Waals surface area contributed by atoms with Crippen molar-refractivity contribution in [1.29, 1.82) is 0 Å². The van der Waals surface area contributed by atoms with Crippen molar-refractivity contribution in [2.24, 2.45) is 0 Å². The molecule has 0 saturated heterocycles. The zero-order chi connectivity index (χ0) is 73.3. The summed E-state index contributed by atoms with van der Waals surface area (Å²) < 4.78 is 104. The lowest BCUT2D eigenvalue weighted by molar-refractivity contribution is -0.138. The average molecular weight is 1750 g/mol. The van der Waals surface area contributed by atoms with Crippen molar-refractivity contribution in [3.63, 3.8) is 0 Å². The molecule has 0 aliphatic rings. The van der Waals surface area contributed by atoms with E-state index in [0.29, 0.717) is 34.1 Å². The lowest BCUT2D eigenvalue weighted by Crippen LogP contribution is -2.05. The summed E-state index contributed by atoms with van der Waals surface area (Å²) in [5.41, 5.74) is 14.8. The number of hydrogen-bond acceptors (Lipinski definition) is 0. The molecule has 0 heterocycles. The van der Waals surface area contributed by atoms with Gasteiger partial charge in [0.25, 0.3) is 0 Å². The van der Waals surface area contributed by atoms with E-state index in [-0.39, 0.29) is 34.4 Å². The largest absolute Gasteiger partial charge is 0.416 e. The first-order valence-corrected chi connectivity index (χ1v) is 36.8. The summed E-state index contributed by atoms with van der Waals surface area (Å²) in [6.07, 6.45) is -8.59. The summed E-state index contributed by atoms with van der Waals surface area (Å²) in [4.78, 5) is 0. The maximum absolute atomic E-state index is 13.1. The van der Waals surface area contributed by atoms with E-state index in [1.54, 1.807) is 0 Å². The van der Waals surface area contributed by atoms with Gasteiger partial charge >= 0.3 is 12.4 Å². The van der Waals surface area contributed by atoms with E-state index in [1.165, 1.54) is 84.0 Å². The van der Waals surface area contributed by atoms with Gasteiger partial charge in [0.2, 0.25) is 0 Å². The molecule has 16 heteroatoms. The van der Waals surface area contributed by atoms with Gasteiger partial charge in [-0.2, -0.15) is 26.3 Å². The molecule has 0 N–H and O–H groups in total. The minimum absolute atomic E-state index is 0.129. The van der Waals surface area contributed by atoms with Crippen LogP contribution in [-0.4, -0.2) is 0 Å². The minimum atomic E-state index is -4.32. The van der Waals surface area contributed by atoms with Crippen LogP contribution in [0.1, 0.15) is 242 Å². The van der Waals surface area contributed by atoms with Crippen LogP contribution < -0.4 is 0 Å². The summed E-state index contributed by atoms with van der Waals surface area (Å²) in [7, 11) is 0. The van der Waals surface area contributed by atoms with Gasteiger partial charge < -0.3 is 0 Å². The first kappa shape index (κ1) is 89.7. The highest BCUT2D eigenvalue weighted by atomic mass is 127. The van der Waals surface area contributed by atoms with E-state index in [4.69, 9.17) is 34.8 Å². The van der Waals surface area contributed by atoms with E-state index in [9.17, 15) is 35.1 Å². The van der Waals surface area contributed by atoms with Crippen molar-refractivity contribution in [2.45, 2.75) is 205 Å². The van der Waals surface area contributed by atoms with Crippen LogP contribution in [0, 0.1) is 49.8 Å². The number of halogens is 16. The number of alkyl halides is 6. The maximum Gasteiger partial charge on any atom is 0.416 e. The molecule has 8 aromatic carbocycles. The summed E-state index contributed by atoms with van der Waals surface area (Å²) in [5, 5.41) is 1.84. The van der Waals surface area contributed by atoms with Gasteiger partial charge in [0.15, 0.2) is 0 Å². The van der Waals surface area contributed by atoms with E-state index in [1.807, 2.05) is 84.0 Å². The van der Waals surface area contributed by atoms with Crippen molar-refractivity contribution in [1.82, 2.24) is 0 Å². The normalized spacial score (nSPS) is 11.1. The molecular formula is C79H94Br4Cl3F8I. The molecule has 0 radical (unpaired) electrons. The fraction of sp³-hybridized carbons (Fsp3) is 0.392. The molecule has 95 heavy (non-hydrogen) atoms. The molecule has 0 bridgehead atoms. The predicted molar refractivity (Wildman–Crippen MR) is 416 cm³/mol. The van der Waals surface area contributed by atoms with Crippen LogP contribution in [0.2, 0.25) is 15.1 Å². The molecular weight excluding hydrogens is 1650 g/mol. The fourth-order valence-electron chi connectivity index (χ4n) is 9.80. The van der Waals surface area contributed by atoms with Crippen LogP contribution in [0.25, 0.3) is 0 Å². The van der Waals surface area contributed by atoms with Crippen molar-refractivity contribution in [3.8, 4) is 0 Å². The van der Waals surface area contributed by atoms with Crippen LogP contribution in [0.15, 0.2) is 157 Å². The zero-order valence-electron chi connectivity index (χ0n) is 58.4. The molecule has 0 spiro atoms. The molecule has 0 nitrogen and oxygen atoms in total. The summed E-state index contributed by atoms with van der Waals surface area (Å²) in [6.45, 7) is 44.3. The summed E-state index contributed by atoms with van der Waals surface area (Å²) in [6, 6.07) is 40.4. The Hall–Kier alpha value is -3.28. The molecule has 0 fully saturated rings. The Balaban J connectivity index is 0.000000544. The molecule has 8 rings (SSSR count). The molecule has 0 aliphatic heterocycles. The third-order valence-corrected chi connectivity index (χ3v) is 18.8. The lowest BCUT2D eigenvalue weighted by atomic mass is 9.92. The standard InChI is InChI=1S/C12H18.C11H16.C10H10BrF3.C10H10ClF3.C9H10BrCl.2C9H10BrF.C9H10ClI/c1-8(2)12-10(4)6-9(3)7-11(12)5;1-8(2)11-6-5-9(3)7-10(11)4;2*1-6(2)8-4-3-7(5-9(8)11)10(12,13)14;1-6(2)8-4-3-7(10)5-9(8)11;1-6(2)8-4-3-7(11)5-9(8)10;2*1-6(2)8-4-3-7(10)5-9(8)11/h6-8H,1-5H3;5-8H,1-4H3;2*3-6H,1-2H3;4*3-6H,1-2H3. The third-order valence-electron chi connectivity index (χ3n) is 14.6. The van der Waals surface area contributed by atoms with Crippen LogP contribution in [0.5, 0.6) is 0 Å². The van der Waals surface area contributed by atoms with E-state index < -0.39 is 23.5 Å². The summed E-state index contributed by atoms with van der Waals surface area (Å²) in [5.74, 6) is 3.08. The minimum Gasteiger partial charge on any atom is -0.207 e. The van der Waals surface area contributed by atoms with Crippen LogP contribution in [0.3, 0.4) is 0 Å². The van der Waals surface area contributed by atoms with E-state index >= 15 is 0 Å². The second kappa shape index (κ2) is 42.7. The molecule has 0 aliphatic carbocycles. The molecule has 0 amide bonds. The van der Waals surface area contributed by atoms with Crippen molar-refractivity contribution >= 4 is 121 Å². The van der Waals surface area contributed by atoms with E-state index in [0.717, 1.165) is 70.0 Å². The molecule has 8 aromatic rings. The third kappa shape index (κ3) is 32.7. The smallest absolute Gasteiger partial charge is 0.207 e. The van der Waals surface area contributed by atoms with Crippen molar-refractivity contribution in [2.75, 3.05) is 0 Å². The highest BCUT2D eigenvalue weighted by molar-refractivity contribution is 14.1. The fourth-order valence-corrected chi connectivity index (χ4v) is 14.6. The van der Waals surface area contributed by atoms with Gasteiger partial charge in [0.05, 0.1) is 11.1 Å². The topological polar surface area (TPSA) is 0 Å². The van der Waals surface area contributed by atoms with Gasteiger partial charge in [-0.3, -0.25) is 0 Å². The highest BCUT2D eigenvalue weighted by Crippen LogP contribution is 2.37. The van der Waals surface area contributed by atoms with Gasteiger partial charge in [0.1, 0.15) is 11.6 Å². The van der Waals surface area contributed by atoms with Crippen molar-refractivity contribution < 1.29 is 35.1 Å². The van der Waals surface area contributed by atoms with Gasteiger partial charge in [0, 0.05) is 36.5 Å².